The molecule has 0 amide bonds. The van der Waals surface area contributed by atoms with Crippen molar-refractivity contribution in [2.24, 2.45) is 13.0 Å². The monoisotopic (exact) mass is 455 g/mol. The van der Waals surface area contributed by atoms with Crippen LogP contribution in [0.1, 0.15) is 43.1 Å². The number of hydrogen-bond acceptors (Lipinski definition) is 8. The molecule has 2 N–H and O–H groups in total. The smallest absolute Gasteiger partial charge is 0.332 e. The van der Waals surface area contributed by atoms with Crippen LogP contribution in [0, 0.1) is 5.92 Å². The summed E-state index contributed by atoms with van der Waals surface area (Å²) in [4.78, 5) is 42.3. The van der Waals surface area contributed by atoms with Crippen molar-refractivity contribution in [3.8, 4) is 11.4 Å². The van der Waals surface area contributed by atoms with E-state index < -0.39 is 17.0 Å². The zero-order valence-electron chi connectivity index (χ0n) is 18.2. The highest BCUT2D eigenvalue weighted by Crippen LogP contribution is 2.41. The van der Waals surface area contributed by atoms with Gasteiger partial charge in [-0.15, -0.1) is 10.2 Å². The van der Waals surface area contributed by atoms with Gasteiger partial charge in [-0.2, -0.15) is 0 Å². The summed E-state index contributed by atoms with van der Waals surface area (Å²) in [6.07, 6.45) is 5.45. The molecule has 1 fully saturated rings. The molecule has 0 atom stereocenters. The number of anilines is 1. The zero-order chi connectivity index (χ0) is 23.0. The van der Waals surface area contributed by atoms with Crippen molar-refractivity contribution < 1.29 is 4.79 Å². The van der Waals surface area contributed by atoms with Crippen LogP contribution in [0.2, 0.25) is 0 Å². The van der Waals surface area contributed by atoms with Crippen molar-refractivity contribution in [3.63, 3.8) is 0 Å². The van der Waals surface area contributed by atoms with Gasteiger partial charge in [0, 0.05) is 37.6 Å². The van der Waals surface area contributed by atoms with Crippen molar-refractivity contribution in [2.75, 3.05) is 11.5 Å². The number of aromatic nitrogens is 6. The van der Waals surface area contributed by atoms with Crippen molar-refractivity contribution in [1.82, 2.24) is 28.9 Å². The van der Waals surface area contributed by atoms with Gasteiger partial charge in [-0.25, -0.2) is 4.79 Å². The Kier molecular flexibility index (Phi) is 6.00. The third kappa shape index (κ3) is 4.12. The number of rotatable bonds is 8. The largest absolute Gasteiger partial charge is 0.384 e. The standard InChI is InChI=1S/C21H25N7O3S/c1-12(2)10-27-17(22)16(19(30)26(3)21(27)31)15(29)11-32-20-25-24-18(28(20)14-6-7-14)13-5-4-8-23-9-13/h4-5,8-9,12,14H,6-7,10-11,22H2,1-3H3. The maximum absolute atomic E-state index is 13.0. The van der Waals surface area contributed by atoms with Crippen molar-refractivity contribution >= 4 is 23.4 Å². The number of nitrogens with zero attached hydrogens (tertiary/aromatic N) is 6. The number of Topliss-reactive ketones (excluding diaryl/α,β-unsaturated/α-hetero) is 1. The number of carbonyl (C=O) groups excluding carboxylic acids is 1. The van der Waals surface area contributed by atoms with E-state index in [1.165, 1.54) is 23.4 Å². The van der Waals surface area contributed by atoms with Crippen LogP contribution in [-0.2, 0) is 13.6 Å². The molecule has 3 heterocycles. The lowest BCUT2D eigenvalue weighted by Crippen LogP contribution is -2.43. The summed E-state index contributed by atoms with van der Waals surface area (Å²) in [6, 6.07) is 4.03. The minimum atomic E-state index is -0.683. The van der Waals surface area contributed by atoms with Crippen LogP contribution >= 0.6 is 11.8 Å². The Balaban J connectivity index is 1.63. The molecule has 0 spiro atoms. The molecule has 32 heavy (non-hydrogen) atoms. The fourth-order valence-electron chi connectivity index (χ4n) is 3.52. The third-order valence-electron chi connectivity index (χ3n) is 5.24. The van der Waals surface area contributed by atoms with Gasteiger partial charge in [0.2, 0.25) is 0 Å². The topological polar surface area (TPSA) is 131 Å². The first-order valence-corrected chi connectivity index (χ1v) is 11.4. The molecule has 11 heteroatoms. The van der Waals surface area contributed by atoms with Gasteiger partial charge in [-0.1, -0.05) is 25.6 Å². The normalized spacial score (nSPS) is 13.6. The van der Waals surface area contributed by atoms with Gasteiger partial charge < -0.3 is 5.73 Å². The Labute approximate surface area is 188 Å². The molecule has 0 bridgehead atoms. The van der Waals surface area contributed by atoms with Gasteiger partial charge in [-0.3, -0.25) is 28.3 Å². The number of carbonyl (C=O) groups is 1. The van der Waals surface area contributed by atoms with Gasteiger partial charge in [0.15, 0.2) is 16.8 Å². The average molecular weight is 456 g/mol. The van der Waals surface area contributed by atoms with E-state index in [1.54, 1.807) is 12.4 Å². The van der Waals surface area contributed by atoms with Crippen LogP contribution in [0.3, 0.4) is 0 Å². The maximum atomic E-state index is 13.0. The zero-order valence-corrected chi connectivity index (χ0v) is 19.0. The lowest BCUT2D eigenvalue weighted by atomic mass is 10.2. The molecular formula is C21H25N7O3S. The number of thioether (sulfide) groups is 1. The van der Waals surface area contributed by atoms with Gasteiger partial charge in [0.25, 0.3) is 5.56 Å². The van der Waals surface area contributed by atoms with Crippen LogP contribution in [0.4, 0.5) is 5.82 Å². The fourth-order valence-corrected chi connectivity index (χ4v) is 4.40. The van der Waals surface area contributed by atoms with E-state index >= 15 is 0 Å². The molecule has 0 radical (unpaired) electrons. The summed E-state index contributed by atoms with van der Waals surface area (Å²) in [6.45, 7) is 4.18. The second-order valence-corrected chi connectivity index (χ2v) is 9.21. The molecule has 10 nitrogen and oxygen atoms in total. The lowest BCUT2D eigenvalue weighted by Gasteiger charge is -2.16. The first-order valence-electron chi connectivity index (χ1n) is 10.4. The minimum absolute atomic E-state index is 0.0444. The van der Waals surface area contributed by atoms with E-state index in [2.05, 4.69) is 15.2 Å². The van der Waals surface area contributed by atoms with Gasteiger partial charge >= 0.3 is 5.69 Å². The van der Waals surface area contributed by atoms with Crippen LogP contribution in [-0.4, -0.2) is 40.4 Å². The van der Waals surface area contributed by atoms with Crippen molar-refractivity contribution in [3.05, 3.63) is 50.9 Å². The Morgan fingerprint density at radius 1 is 1.28 bits per heavy atom. The lowest BCUT2D eigenvalue weighted by molar-refractivity contribution is 0.102. The number of nitrogen functional groups attached to an aromatic ring is 1. The summed E-state index contributed by atoms with van der Waals surface area (Å²) in [5, 5.41) is 9.19. The van der Waals surface area contributed by atoms with Crippen molar-refractivity contribution in [1.29, 1.82) is 0 Å². The predicted octanol–water partition coefficient (Wildman–Crippen LogP) is 1.75. The Hall–Kier alpha value is -3.21. The third-order valence-corrected chi connectivity index (χ3v) is 6.18. The van der Waals surface area contributed by atoms with E-state index in [9.17, 15) is 14.4 Å². The number of hydrogen-bond donors (Lipinski definition) is 1. The highest BCUT2D eigenvalue weighted by atomic mass is 32.2. The Morgan fingerprint density at radius 2 is 2.03 bits per heavy atom. The van der Waals surface area contributed by atoms with Crippen LogP contribution < -0.4 is 17.0 Å². The molecule has 3 aromatic heterocycles. The Morgan fingerprint density at radius 3 is 2.66 bits per heavy atom. The number of nitrogens with two attached hydrogens (primary N) is 1. The van der Waals surface area contributed by atoms with Crippen LogP contribution in [0.5, 0.6) is 0 Å². The van der Waals surface area contributed by atoms with Gasteiger partial charge in [-0.05, 0) is 30.9 Å². The summed E-state index contributed by atoms with van der Waals surface area (Å²) < 4.78 is 4.25. The quantitative estimate of drug-likeness (QED) is 0.401. The first-order chi connectivity index (χ1) is 15.3. The number of pyridine rings is 1. The predicted molar refractivity (Wildman–Crippen MR) is 122 cm³/mol. The van der Waals surface area contributed by atoms with E-state index in [0.717, 1.165) is 23.0 Å². The summed E-state index contributed by atoms with van der Waals surface area (Å²) in [5.74, 6) is 0.247. The molecule has 0 aromatic carbocycles. The molecule has 4 rings (SSSR count). The molecule has 3 aromatic rings. The first kappa shape index (κ1) is 22.0. The molecule has 0 saturated heterocycles. The van der Waals surface area contributed by atoms with Crippen molar-refractivity contribution in [2.45, 2.75) is 44.4 Å². The highest BCUT2D eigenvalue weighted by molar-refractivity contribution is 7.99. The van der Waals surface area contributed by atoms with E-state index in [1.807, 2.05) is 30.5 Å². The Bertz CT molecular complexity index is 1270. The highest BCUT2D eigenvalue weighted by Gasteiger charge is 2.31. The van der Waals surface area contributed by atoms with Crippen LogP contribution in [0.15, 0.2) is 39.3 Å². The molecule has 1 saturated carbocycles. The van der Waals surface area contributed by atoms with Gasteiger partial charge in [0.05, 0.1) is 5.75 Å². The average Bonchev–Trinajstić information content (AvgIpc) is 3.53. The molecule has 1 aliphatic carbocycles. The van der Waals surface area contributed by atoms with Crippen LogP contribution in [0.25, 0.3) is 11.4 Å². The molecule has 1 aliphatic rings. The molecule has 0 aliphatic heterocycles. The van der Waals surface area contributed by atoms with E-state index in [-0.39, 0.29) is 29.1 Å². The molecule has 168 valence electrons. The second-order valence-electron chi connectivity index (χ2n) is 8.27. The molecule has 0 unspecified atom stereocenters. The maximum Gasteiger partial charge on any atom is 0.332 e. The summed E-state index contributed by atoms with van der Waals surface area (Å²) in [7, 11) is 1.36. The molecular weight excluding hydrogens is 430 g/mol. The minimum Gasteiger partial charge on any atom is -0.384 e. The van der Waals surface area contributed by atoms with E-state index in [4.69, 9.17) is 5.73 Å². The summed E-state index contributed by atoms with van der Waals surface area (Å²) >= 11 is 1.21. The summed E-state index contributed by atoms with van der Waals surface area (Å²) in [5.41, 5.74) is 5.60. The van der Waals surface area contributed by atoms with Gasteiger partial charge in [0.1, 0.15) is 11.4 Å². The van der Waals surface area contributed by atoms with E-state index in [0.29, 0.717) is 17.5 Å². The fraction of sp³-hybridized carbons (Fsp3) is 0.429. The SMILES string of the molecule is CC(C)Cn1c(N)c(C(=O)CSc2nnc(-c3cccnc3)n2C2CC2)c(=O)n(C)c1=O. The second kappa shape index (κ2) is 8.73. The number of ketones is 1.